The van der Waals surface area contributed by atoms with E-state index in [1.165, 1.54) is 19.1 Å². The summed E-state index contributed by atoms with van der Waals surface area (Å²) in [7, 11) is 0. The van der Waals surface area contributed by atoms with Crippen molar-refractivity contribution >= 4 is 22.7 Å². The molecular formula is C12H11N3O4. The molecule has 0 saturated carbocycles. The standard InChI is InChI=1S/C12H11N3O4/c1-6(14-15-12(13)18)9-4-7-2-3-8(16)5-10(7)19-11(9)17/h2-5,16H,1H3,(H3,13,15,18)/b14-6+. The second-order valence-corrected chi connectivity index (χ2v) is 3.84. The number of hydrogen-bond donors (Lipinski definition) is 3. The van der Waals surface area contributed by atoms with Crippen LogP contribution in [0, 0.1) is 0 Å². The Morgan fingerprint density at radius 2 is 2.16 bits per heavy atom. The van der Waals surface area contributed by atoms with Crippen molar-refractivity contribution < 1.29 is 14.3 Å². The molecule has 98 valence electrons. The lowest BCUT2D eigenvalue weighted by Crippen LogP contribution is -2.26. The first kappa shape index (κ1) is 12.6. The van der Waals surface area contributed by atoms with Crippen LogP contribution in [0.1, 0.15) is 12.5 Å². The number of urea groups is 1. The highest BCUT2D eigenvalue weighted by Gasteiger charge is 2.09. The summed E-state index contributed by atoms with van der Waals surface area (Å²) < 4.78 is 5.06. The Kier molecular flexibility index (Phi) is 3.19. The third-order valence-electron chi connectivity index (χ3n) is 2.44. The average Bonchev–Trinajstić information content (AvgIpc) is 2.35. The molecule has 2 aromatic rings. The lowest BCUT2D eigenvalue weighted by molar-refractivity contribution is 0.249. The normalized spacial score (nSPS) is 11.5. The lowest BCUT2D eigenvalue weighted by Gasteiger charge is -2.02. The van der Waals surface area contributed by atoms with E-state index in [1.807, 2.05) is 5.43 Å². The Morgan fingerprint density at radius 1 is 1.42 bits per heavy atom. The van der Waals surface area contributed by atoms with Gasteiger partial charge in [0.2, 0.25) is 0 Å². The van der Waals surface area contributed by atoms with Crippen molar-refractivity contribution in [3.05, 3.63) is 40.2 Å². The molecule has 0 aliphatic carbocycles. The molecule has 0 aliphatic heterocycles. The molecule has 1 heterocycles. The van der Waals surface area contributed by atoms with E-state index in [2.05, 4.69) is 5.10 Å². The third-order valence-corrected chi connectivity index (χ3v) is 2.44. The Balaban J connectivity index is 2.53. The highest BCUT2D eigenvalue weighted by atomic mass is 16.4. The summed E-state index contributed by atoms with van der Waals surface area (Å²) in [6, 6.07) is 5.15. The number of primary amides is 1. The summed E-state index contributed by atoms with van der Waals surface area (Å²) in [5.74, 6) is 0.00387. The summed E-state index contributed by atoms with van der Waals surface area (Å²) in [5.41, 5.74) is 7.03. The first-order valence-electron chi connectivity index (χ1n) is 5.34. The minimum absolute atomic E-state index is 0.00387. The van der Waals surface area contributed by atoms with Gasteiger partial charge < -0.3 is 15.3 Å². The number of amides is 2. The molecule has 19 heavy (non-hydrogen) atoms. The fourth-order valence-electron chi connectivity index (χ4n) is 1.55. The summed E-state index contributed by atoms with van der Waals surface area (Å²) in [6.45, 7) is 1.54. The van der Waals surface area contributed by atoms with Gasteiger partial charge in [-0.05, 0) is 25.1 Å². The number of hydrogen-bond acceptors (Lipinski definition) is 5. The number of nitrogens with zero attached hydrogens (tertiary/aromatic N) is 1. The van der Waals surface area contributed by atoms with E-state index in [1.54, 1.807) is 12.1 Å². The minimum Gasteiger partial charge on any atom is -0.508 e. The van der Waals surface area contributed by atoms with Crippen LogP contribution < -0.4 is 16.8 Å². The quantitative estimate of drug-likeness (QED) is 0.422. The van der Waals surface area contributed by atoms with Crippen LogP contribution >= 0.6 is 0 Å². The molecule has 2 amide bonds. The van der Waals surface area contributed by atoms with Gasteiger partial charge in [0.05, 0.1) is 11.3 Å². The largest absolute Gasteiger partial charge is 0.508 e. The fraction of sp³-hybridized carbons (Fsp3) is 0.0833. The van der Waals surface area contributed by atoms with E-state index >= 15 is 0 Å². The molecule has 0 spiro atoms. The van der Waals surface area contributed by atoms with E-state index in [4.69, 9.17) is 10.2 Å². The third kappa shape index (κ3) is 2.71. The van der Waals surface area contributed by atoms with Crippen molar-refractivity contribution in [3.8, 4) is 5.75 Å². The predicted octanol–water partition coefficient (Wildman–Crippen LogP) is 0.891. The molecule has 1 aromatic heterocycles. The number of hydrazone groups is 1. The monoisotopic (exact) mass is 261 g/mol. The number of rotatable bonds is 2. The van der Waals surface area contributed by atoms with E-state index in [9.17, 15) is 14.7 Å². The zero-order valence-electron chi connectivity index (χ0n) is 10.0. The first-order chi connectivity index (χ1) is 8.97. The highest BCUT2D eigenvalue weighted by molar-refractivity contribution is 6.00. The van der Waals surface area contributed by atoms with Gasteiger partial charge in [-0.2, -0.15) is 5.10 Å². The second-order valence-electron chi connectivity index (χ2n) is 3.84. The van der Waals surface area contributed by atoms with Gasteiger partial charge in [-0.3, -0.25) is 0 Å². The summed E-state index contributed by atoms with van der Waals surface area (Å²) in [4.78, 5) is 22.3. The Labute approximate surface area is 107 Å². The van der Waals surface area contributed by atoms with Crippen molar-refractivity contribution in [1.29, 1.82) is 0 Å². The first-order valence-corrected chi connectivity index (χ1v) is 5.34. The number of nitrogens with two attached hydrogens (primary N) is 1. The summed E-state index contributed by atoms with van der Waals surface area (Å²) in [5, 5.41) is 13.6. The molecule has 0 aliphatic rings. The molecule has 0 radical (unpaired) electrons. The number of carbonyl (C=O) groups excluding carboxylic acids is 1. The van der Waals surface area contributed by atoms with E-state index in [0.29, 0.717) is 5.39 Å². The smallest absolute Gasteiger partial charge is 0.345 e. The van der Waals surface area contributed by atoms with Crippen LogP contribution in [0.3, 0.4) is 0 Å². The number of carbonyl (C=O) groups is 1. The molecule has 4 N–H and O–H groups in total. The molecule has 0 unspecified atom stereocenters. The number of nitrogens with one attached hydrogen (secondary N) is 1. The van der Waals surface area contributed by atoms with E-state index < -0.39 is 11.7 Å². The topological polar surface area (TPSA) is 118 Å². The highest BCUT2D eigenvalue weighted by Crippen LogP contribution is 2.19. The predicted molar refractivity (Wildman–Crippen MR) is 69.1 cm³/mol. The van der Waals surface area contributed by atoms with Crippen LogP contribution in [0.5, 0.6) is 5.75 Å². The molecule has 2 rings (SSSR count). The van der Waals surface area contributed by atoms with E-state index in [-0.39, 0.29) is 22.6 Å². The Bertz CT molecular complexity index is 733. The minimum atomic E-state index is -0.825. The van der Waals surface area contributed by atoms with Gasteiger partial charge in [0, 0.05) is 11.5 Å². The molecule has 0 saturated heterocycles. The number of benzene rings is 1. The molecule has 7 heteroatoms. The van der Waals surface area contributed by atoms with Gasteiger partial charge in [-0.15, -0.1) is 0 Å². The number of phenolic OH excluding ortho intramolecular Hbond substituents is 1. The molecule has 0 bridgehead atoms. The number of aromatic hydroxyl groups is 1. The van der Waals surface area contributed by atoms with Crippen LogP contribution in [0.15, 0.2) is 38.6 Å². The van der Waals surface area contributed by atoms with Crippen LogP contribution in [-0.4, -0.2) is 16.8 Å². The number of phenols is 1. The average molecular weight is 261 g/mol. The molecular weight excluding hydrogens is 250 g/mol. The SMILES string of the molecule is C/C(=N\NC(N)=O)c1cc2ccc(O)cc2oc1=O. The van der Waals surface area contributed by atoms with Crippen molar-refractivity contribution in [2.45, 2.75) is 6.92 Å². The number of fused-ring (bicyclic) bond motifs is 1. The fourth-order valence-corrected chi connectivity index (χ4v) is 1.55. The maximum atomic E-state index is 11.8. The van der Waals surface area contributed by atoms with Gasteiger partial charge in [-0.25, -0.2) is 15.0 Å². The molecule has 7 nitrogen and oxygen atoms in total. The van der Waals surface area contributed by atoms with Crippen molar-refractivity contribution in [1.82, 2.24) is 5.43 Å². The maximum Gasteiger partial charge on any atom is 0.345 e. The van der Waals surface area contributed by atoms with Crippen LogP contribution in [0.25, 0.3) is 11.0 Å². The van der Waals surface area contributed by atoms with Crippen LogP contribution in [-0.2, 0) is 0 Å². The molecule has 1 aromatic carbocycles. The van der Waals surface area contributed by atoms with Crippen molar-refractivity contribution in [2.75, 3.05) is 0 Å². The Morgan fingerprint density at radius 3 is 2.84 bits per heavy atom. The van der Waals surface area contributed by atoms with Gasteiger partial charge in [0.15, 0.2) is 0 Å². The zero-order chi connectivity index (χ0) is 14.0. The van der Waals surface area contributed by atoms with Gasteiger partial charge in [0.1, 0.15) is 11.3 Å². The van der Waals surface area contributed by atoms with Gasteiger partial charge >= 0.3 is 11.7 Å². The van der Waals surface area contributed by atoms with Crippen LogP contribution in [0.4, 0.5) is 4.79 Å². The Hall–Kier alpha value is -2.83. The van der Waals surface area contributed by atoms with Crippen LogP contribution in [0.2, 0.25) is 0 Å². The van der Waals surface area contributed by atoms with E-state index in [0.717, 1.165) is 0 Å². The van der Waals surface area contributed by atoms with Crippen molar-refractivity contribution in [2.24, 2.45) is 10.8 Å². The summed E-state index contributed by atoms with van der Waals surface area (Å²) >= 11 is 0. The molecule has 0 atom stereocenters. The second kappa shape index (κ2) is 4.81. The van der Waals surface area contributed by atoms with Gasteiger partial charge in [0.25, 0.3) is 0 Å². The lowest BCUT2D eigenvalue weighted by atomic mass is 10.1. The summed E-state index contributed by atoms with van der Waals surface area (Å²) in [6.07, 6.45) is 0. The molecule has 0 fully saturated rings. The van der Waals surface area contributed by atoms with Gasteiger partial charge in [-0.1, -0.05) is 0 Å². The zero-order valence-corrected chi connectivity index (χ0v) is 10.0. The van der Waals surface area contributed by atoms with Crippen molar-refractivity contribution in [3.63, 3.8) is 0 Å². The maximum absolute atomic E-state index is 11.8.